The van der Waals surface area contributed by atoms with Crippen LogP contribution in [0.3, 0.4) is 0 Å². The molecule has 0 aliphatic carbocycles. The summed E-state index contributed by atoms with van der Waals surface area (Å²) in [5.74, 6) is -0.281. The molecular weight excluding hydrogens is 403 g/mol. The second-order valence-electron chi connectivity index (χ2n) is 4.66. The van der Waals surface area contributed by atoms with Crippen molar-refractivity contribution in [1.82, 2.24) is 5.32 Å². The SMILES string of the molecule is Nc1cc(Cl)cc(N=C2NC(=O)c3c(Cl)c(Cl)c(Cl)c(Cl)c32)c1. The fourth-order valence-electron chi connectivity index (χ4n) is 2.17. The van der Waals surface area contributed by atoms with E-state index < -0.39 is 5.91 Å². The Balaban J connectivity index is 2.24. The highest BCUT2D eigenvalue weighted by molar-refractivity contribution is 6.55. The number of nitrogens with two attached hydrogens (primary N) is 1. The molecule has 1 heterocycles. The van der Waals surface area contributed by atoms with Crippen molar-refractivity contribution >= 4 is 81.1 Å². The summed E-state index contributed by atoms with van der Waals surface area (Å²) in [5, 5.41) is 3.16. The molecule has 2 aromatic carbocycles. The number of amidine groups is 1. The van der Waals surface area contributed by atoms with Crippen molar-refractivity contribution in [3.8, 4) is 0 Å². The van der Waals surface area contributed by atoms with Gasteiger partial charge in [0.25, 0.3) is 5.91 Å². The van der Waals surface area contributed by atoms with Crippen LogP contribution >= 0.6 is 58.0 Å². The molecule has 0 saturated heterocycles. The summed E-state index contributed by atoms with van der Waals surface area (Å²) in [6.07, 6.45) is 0. The summed E-state index contributed by atoms with van der Waals surface area (Å²) < 4.78 is 0. The molecule has 23 heavy (non-hydrogen) atoms. The van der Waals surface area contributed by atoms with E-state index in [4.69, 9.17) is 63.7 Å². The van der Waals surface area contributed by atoms with Crippen LogP contribution in [0.5, 0.6) is 0 Å². The Morgan fingerprint density at radius 1 is 0.870 bits per heavy atom. The lowest BCUT2D eigenvalue weighted by Gasteiger charge is -2.08. The number of amides is 1. The number of nitrogen functional groups attached to an aromatic ring is 1. The predicted molar refractivity (Wildman–Crippen MR) is 96.0 cm³/mol. The van der Waals surface area contributed by atoms with E-state index in [1.54, 1.807) is 18.2 Å². The molecule has 2 aromatic rings. The molecule has 0 bridgehead atoms. The Morgan fingerprint density at radius 3 is 2.09 bits per heavy atom. The zero-order valence-corrected chi connectivity index (χ0v) is 14.8. The standard InChI is InChI=1S/C14H6Cl5N3O/c15-4-1-5(20)3-6(2-4)21-13-7-8(14(23)22-13)10(17)12(19)11(18)9(7)16/h1-3H,20H2,(H,21,22,23). The number of carbonyl (C=O) groups excluding carboxylic acids is 1. The Morgan fingerprint density at radius 2 is 1.48 bits per heavy atom. The molecule has 3 rings (SSSR count). The second-order valence-corrected chi connectivity index (χ2v) is 6.61. The maximum Gasteiger partial charge on any atom is 0.259 e. The van der Waals surface area contributed by atoms with Gasteiger partial charge in [0, 0.05) is 10.7 Å². The van der Waals surface area contributed by atoms with E-state index in [2.05, 4.69) is 10.3 Å². The summed E-state index contributed by atoms with van der Waals surface area (Å²) in [6.45, 7) is 0. The third-order valence-electron chi connectivity index (χ3n) is 3.11. The summed E-state index contributed by atoms with van der Waals surface area (Å²) >= 11 is 30.3. The van der Waals surface area contributed by atoms with Crippen LogP contribution in [0.2, 0.25) is 25.1 Å². The lowest BCUT2D eigenvalue weighted by Crippen LogP contribution is -2.21. The van der Waals surface area contributed by atoms with Crippen LogP contribution in [0.1, 0.15) is 15.9 Å². The molecule has 3 N–H and O–H groups in total. The van der Waals surface area contributed by atoms with Gasteiger partial charge in [0.2, 0.25) is 0 Å². The number of anilines is 1. The first kappa shape index (κ1) is 16.7. The number of fused-ring (bicyclic) bond motifs is 1. The van der Waals surface area contributed by atoms with Crippen molar-refractivity contribution in [2.75, 3.05) is 5.73 Å². The van der Waals surface area contributed by atoms with Gasteiger partial charge in [-0.1, -0.05) is 58.0 Å². The Kier molecular flexibility index (Phi) is 4.38. The molecular formula is C14H6Cl5N3O. The lowest BCUT2D eigenvalue weighted by atomic mass is 10.1. The van der Waals surface area contributed by atoms with Crippen molar-refractivity contribution in [2.24, 2.45) is 4.99 Å². The van der Waals surface area contributed by atoms with Crippen molar-refractivity contribution in [2.45, 2.75) is 0 Å². The number of aliphatic imine (C=N–C) groups is 1. The van der Waals surface area contributed by atoms with E-state index in [-0.39, 0.29) is 37.1 Å². The average Bonchev–Trinajstić information content (AvgIpc) is 2.78. The first-order valence-electron chi connectivity index (χ1n) is 6.12. The number of carbonyl (C=O) groups is 1. The third-order valence-corrected chi connectivity index (χ3v) is 5.13. The molecule has 9 heteroatoms. The second kappa shape index (κ2) is 6.04. The molecule has 1 amide bonds. The van der Waals surface area contributed by atoms with Crippen molar-refractivity contribution in [3.05, 3.63) is 54.4 Å². The molecule has 0 spiro atoms. The minimum atomic E-state index is -0.473. The Bertz CT molecular complexity index is 874. The average molecular weight is 409 g/mol. The van der Waals surface area contributed by atoms with Crippen LogP contribution in [-0.4, -0.2) is 11.7 Å². The van der Waals surface area contributed by atoms with Crippen LogP contribution in [0.4, 0.5) is 11.4 Å². The van der Waals surface area contributed by atoms with E-state index in [0.717, 1.165) is 0 Å². The molecule has 0 radical (unpaired) electrons. The van der Waals surface area contributed by atoms with Gasteiger partial charge in [-0.15, -0.1) is 0 Å². The molecule has 4 nitrogen and oxygen atoms in total. The molecule has 0 unspecified atom stereocenters. The number of benzene rings is 2. The maximum absolute atomic E-state index is 12.1. The van der Waals surface area contributed by atoms with Gasteiger partial charge in [0.15, 0.2) is 0 Å². The summed E-state index contributed by atoms with van der Waals surface area (Å²) in [6, 6.07) is 4.76. The van der Waals surface area contributed by atoms with Gasteiger partial charge < -0.3 is 11.1 Å². The first-order valence-corrected chi connectivity index (χ1v) is 8.01. The fourth-order valence-corrected chi connectivity index (χ4v) is 3.44. The number of halogens is 5. The highest BCUT2D eigenvalue weighted by Crippen LogP contribution is 2.43. The molecule has 1 aliphatic rings. The monoisotopic (exact) mass is 407 g/mol. The Hall–Kier alpha value is -1.17. The molecule has 0 saturated carbocycles. The predicted octanol–water partition coefficient (Wildman–Crippen LogP) is 5.36. The maximum atomic E-state index is 12.1. The topological polar surface area (TPSA) is 67.5 Å². The van der Waals surface area contributed by atoms with Crippen LogP contribution in [0, 0.1) is 0 Å². The van der Waals surface area contributed by atoms with Crippen LogP contribution in [-0.2, 0) is 0 Å². The smallest absolute Gasteiger partial charge is 0.259 e. The molecule has 118 valence electrons. The normalized spacial score (nSPS) is 15.0. The van der Waals surface area contributed by atoms with E-state index >= 15 is 0 Å². The third kappa shape index (κ3) is 2.86. The summed E-state index contributed by atoms with van der Waals surface area (Å²) in [7, 11) is 0. The van der Waals surface area contributed by atoms with Gasteiger partial charge >= 0.3 is 0 Å². The fraction of sp³-hybridized carbons (Fsp3) is 0. The molecule has 1 aliphatic heterocycles. The number of hydrogen-bond acceptors (Lipinski definition) is 3. The van der Waals surface area contributed by atoms with Crippen LogP contribution in [0.15, 0.2) is 23.2 Å². The number of hydrogen-bond donors (Lipinski definition) is 2. The number of nitrogens with zero attached hydrogens (tertiary/aromatic N) is 1. The van der Waals surface area contributed by atoms with Crippen LogP contribution < -0.4 is 11.1 Å². The largest absolute Gasteiger partial charge is 0.399 e. The lowest BCUT2D eigenvalue weighted by molar-refractivity contribution is 0.0983. The van der Waals surface area contributed by atoms with Crippen molar-refractivity contribution in [1.29, 1.82) is 0 Å². The zero-order valence-electron chi connectivity index (χ0n) is 11.1. The van der Waals surface area contributed by atoms with E-state index in [1.807, 2.05) is 0 Å². The van der Waals surface area contributed by atoms with E-state index in [1.165, 1.54) is 0 Å². The number of rotatable bonds is 1. The zero-order chi connectivity index (χ0) is 16.9. The Labute approximate surface area is 156 Å². The molecule has 0 aromatic heterocycles. The van der Waals surface area contributed by atoms with Gasteiger partial charge in [0.1, 0.15) is 5.84 Å². The highest BCUT2D eigenvalue weighted by atomic mass is 35.5. The van der Waals surface area contributed by atoms with E-state index in [9.17, 15) is 4.79 Å². The van der Waals surface area contributed by atoms with Gasteiger partial charge in [-0.25, -0.2) is 4.99 Å². The minimum Gasteiger partial charge on any atom is -0.399 e. The van der Waals surface area contributed by atoms with Crippen molar-refractivity contribution < 1.29 is 4.79 Å². The first-order chi connectivity index (χ1) is 10.8. The summed E-state index contributed by atoms with van der Waals surface area (Å²) in [4.78, 5) is 16.5. The highest BCUT2D eigenvalue weighted by Gasteiger charge is 2.34. The molecule has 0 fully saturated rings. The van der Waals surface area contributed by atoms with Crippen molar-refractivity contribution in [3.63, 3.8) is 0 Å². The van der Waals surface area contributed by atoms with Gasteiger partial charge in [0.05, 0.1) is 36.9 Å². The van der Waals surface area contributed by atoms with E-state index in [0.29, 0.717) is 16.4 Å². The van der Waals surface area contributed by atoms with Crippen LogP contribution in [0.25, 0.3) is 0 Å². The summed E-state index contributed by atoms with van der Waals surface area (Å²) in [5.41, 5.74) is 7.01. The minimum absolute atomic E-state index is 0.0143. The van der Waals surface area contributed by atoms with Gasteiger partial charge in [-0.3, -0.25) is 4.79 Å². The van der Waals surface area contributed by atoms with Gasteiger partial charge in [-0.2, -0.15) is 0 Å². The quantitative estimate of drug-likeness (QED) is 0.378. The molecule has 0 atom stereocenters. The van der Waals surface area contributed by atoms with Gasteiger partial charge in [-0.05, 0) is 18.2 Å². The number of nitrogens with one attached hydrogen (secondary N) is 1.